The average molecular weight is 239 g/mol. The first-order chi connectivity index (χ1) is 8.13. The predicted molar refractivity (Wildman–Crippen MR) is 73.1 cm³/mol. The van der Waals surface area contributed by atoms with Crippen LogP contribution in [0.15, 0.2) is 0 Å². The molecule has 0 aromatic carbocycles. The fourth-order valence-corrected chi connectivity index (χ4v) is 4.12. The second-order valence-electron chi connectivity index (χ2n) is 6.09. The van der Waals surface area contributed by atoms with Gasteiger partial charge >= 0.3 is 0 Å². The summed E-state index contributed by atoms with van der Waals surface area (Å²) >= 11 is 0. The predicted octanol–water partition coefficient (Wildman–Crippen LogP) is 1.67. The number of nitrogens with two attached hydrogens (primary N) is 1. The molecule has 100 valence electrons. The van der Waals surface area contributed by atoms with E-state index in [1.165, 1.54) is 38.8 Å². The molecule has 0 aromatic rings. The number of piperidine rings is 1. The third kappa shape index (κ3) is 2.38. The SMILES string of the molecule is CCN(C(C)C)C1(CN)CCN2CCCC2C1. The Morgan fingerprint density at radius 1 is 1.41 bits per heavy atom. The van der Waals surface area contributed by atoms with E-state index >= 15 is 0 Å². The van der Waals surface area contributed by atoms with Gasteiger partial charge in [0.15, 0.2) is 0 Å². The zero-order valence-electron chi connectivity index (χ0n) is 11.8. The van der Waals surface area contributed by atoms with Gasteiger partial charge in [-0.3, -0.25) is 4.90 Å². The monoisotopic (exact) mass is 239 g/mol. The smallest absolute Gasteiger partial charge is 0.0361 e. The minimum atomic E-state index is 0.272. The first-order valence-electron chi connectivity index (χ1n) is 7.34. The molecule has 2 aliphatic heterocycles. The van der Waals surface area contributed by atoms with Crippen LogP contribution in [0.2, 0.25) is 0 Å². The van der Waals surface area contributed by atoms with E-state index in [0.717, 1.165) is 19.1 Å². The van der Waals surface area contributed by atoms with Crippen molar-refractivity contribution < 1.29 is 0 Å². The van der Waals surface area contributed by atoms with Crippen molar-refractivity contribution >= 4 is 0 Å². The Morgan fingerprint density at radius 3 is 2.76 bits per heavy atom. The van der Waals surface area contributed by atoms with E-state index < -0.39 is 0 Å². The lowest BCUT2D eigenvalue weighted by atomic mass is 9.81. The lowest BCUT2D eigenvalue weighted by Crippen LogP contribution is -2.62. The summed E-state index contributed by atoms with van der Waals surface area (Å²) in [4.78, 5) is 5.32. The fraction of sp³-hybridized carbons (Fsp3) is 1.00. The van der Waals surface area contributed by atoms with Crippen molar-refractivity contribution in [3.8, 4) is 0 Å². The first kappa shape index (κ1) is 13.3. The fourth-order valence-electron chi connectivity index (χ4n) is 4.12. The Balaban J connectivity index is 2.13. The van der Waals surface area contributed by atoms with Gasteiger partial charge in [-0.15, -0.1) is 0 Å². The zero-order chi connectivity index (χ0) is 12.5. The number of nitrogens with zero attached hydrogens (tertiary/aromatic N) is 2. The van der Waals surface area contributed by atoms with Crippen LogP contribution in [0.4, 0.5) is 0 Å². The van der Waals surface area contributed by atoms with E-state index in [-0.39, 0.29) is 5.54 Å². The average Bonchev–Trinajstić information content (AvgIpc) is 2.76. The molecule has 2 heterocycles. The molecular weight excluding hydrogens is 210 g/mol. The van der Waals surface area contributed by atoms with E-state index in [9.17, 15) is 0 Å². The van der Waals surface area contributed by atoms with E-state index in [1.807, 2.05) is 0 Å². The molecule has 0 saturated carbocycles. The molecular formula is C14H29N3. The summed E-state index contributed by atoms with van der Waals surface area (Å²) in [5.41, 5.74) is 6.45. The maximum absolute atomic E-state index is 6.18. The summed E-state index contributed by atoms with van der Waals surface area (Å²) in [5.74, 6) is 0. The summed E-state index contributed by atoms with van der Waals surface area (Å²) in [6.07, 6.45) is 5.32. The van der Waals surface area contributed by atoms with Gasteiger partial charge in [0.2, 0.25) is 0 Å². The van der Waals surface area contributed by atoms with Crippen LogP contribution in [0.5, 0.6) is 0 Å². The third-order valence-electron chi connectivity index (χ3n) is 4.93. The Hall–Kier alpha value is -0.120. The maximum Gasteiger partial charge on any atom is 0.0361 e. The van der Waals surface area contributed by atoms with Gasteiger partial charge in [0.25, 0.3) is 0 Å². The highest BCUT2D eigenvalue weighted by molar-refractivity contribution is 5.02. The largest absolute Gasteiger partial charge is 0.329 e. The van der Waals surface area contributed by atoms with Gasteiger partial charge in [-0.2, -0.15) is 0 Å². The molecule has 2 N–H and O–H groups in total. The molecule has 0 aromatic heterocycles. The standard InChI is InChI=1S/C14H29N3/c1-4-17(12(2)3)14(11-15)7-9-16-8-5-6-13(16)10-14/h12-13H,4-11,15H2,1-3H3. The highest BCUT2D eigenvalue weighted by atomic mass is 15.3. The molecule has 3 heteroatoms. The summed E-state index contributed by atoms with van der Waals surface area (Å²) in [6, 6.07) is 1.41. The molecule has 2 fully saturated rings. The number of hydrogen-bond donors (Lipinski definition) is 1. The Morgan fingerprint density at radius 2 is 2.18 bits per heavy atom. The quantitative estimate of drug-likeness (QED) is 0.810. The number of likely N-dealkylation sites (N-methyl/N-ethyl adjacent to an activating group) is 1. The van der Waals surface area contributed by atoms with Crippen molar-refractivity contribution in [2.75, 3.05) is 26.2 Å². The highest BCUT2D eigenvalue weighted by Gasteiger charge is 2.44. The van der Waals surface area contributed by atoms with Gasteiger partial charge < -0.3 is 10.6 Å². The van der Waals surface area contributed by atoms with Gasteiger partial charge in [0.05, 0.1) is 0 Å². The van der Waals surface area contributed by atoms with Crippen molar-refractivity contribution in [1.29, 1.82) is 0 Å². The van der Waals surface area contributed by atoms with Crippen molar-refractivity contribution in [3.05, 3.63) is 0 Å². The molecule has 2 saturated heterocycles. The third-order valence-corrected chi connectivity index (χ3v) is 4.93. The lowest BCUT2D eigenvalue weighted by molar-refractivity contribution is -0.00507. The topological polar surface area (TPSA) is 32.5 Å². The highest BCUT2D eigenvalue weighted by Crippen LogP contribution is 2.37. The lowest BCUT2D eigenvalue weighted by Gasteiger charge is -2.51. The number of hydrogen-bond acceptors (Lipinski definition) is 3. The van der Waals surface area contributed by atoms with Crippen molar-refractivity contribution in [2.24, 2.45) is 5.73 Å². The minimum Gasteiger partial charge on any atom is -0.329 e. The first-order valence-corrected chi connectivity index (χ1v) is 7.34. The van der Waals surface area contributed by atoms with Crippen LogP contribution in [0.1, 0.15) is 46.5 Å². The Bertz CT molecular complexity index is 254. The van der Waals surface area contributed by atoms with Crippen molar-refractivity contribution in [3.63, 3.8) is 0 Å². The summed E-state index contributed by atoms with van der Waals surface area (Å²) in [5, 5.41) is 0. The molecule has 2 aliphatic rings. The molecule has 2 rings (SSSR count). The van der Waals surface area contributed by atoms with Crippen LogP contribution in [-0.2, 0) is 0 Å². The van der Waals surface area contributed by atoms with Crippen LogP contribution in [-0.4, -0.2) is 53.6 Å². The Labute approximate surface area is 106 Å². The molecule has 0 amide bonds. The summed E-state index contributed by atoms with van der Waals surface area (Å²) in [6.45, 7) is 11.4. The maximum atomic E-state index is 6.18. The molecule has 2 unspecified atom stereocenters. The van der Waals surface area contributed by atoms with Crippen LogP contribution < -0.4 is 5.73 Å². The van der Waals surface area contributed by atoms with E-state index in [0.29, 0.717) is 6.04 Å². The second-order valence-corrected chi connectivity index (χ2v) is 6.09. The van der Waals surface area contributed by atoms with Crippen LogP contribution in [0.3, 0.4) is 0 Å². The van der Waals surface area contributed by atoms with Crippen molar-refractivity contribution in [1.82, 2.24) is 9.80 Å². The van der Waals surface area contributed by atoms with E-state index in [1.54, 1.807) is 0 Å². The molecule has 0 aliphatic carbocycles. The van der Waals surface area contributed by atoms with Crippen LogP contribution >= 0.6 is 0 Å². The van der Waals surface area contributed by atoms with Gasteiger partial charge in [-0.05, 0) is 52.6 Å². The minimum absolute atomic E-state index is 0.272. The molecule has 3 nitrogen and oxygen atoms in total. The van der Waals surface area contributed by atoms with Gasteiger partial charge in [-0.25, -0.2) is 0 Å². The zero-order valence-corrected chi connectivity index (χ0v) is 11.8. The molecule has 0 bridgehead atoms. The normalized spacial score (nSPS) is 34.6. The van der Waals surface area contributed by atoms with Gasteiger partial charge in [0, 0.05) is 30.7 Å². The van der Waals surface area contributed by atoms with Gasteiger partial charge in [-0.1, -0.05) is 6.92 Å². The van der Waals surface area contributed by atoms with Crippen molar-refractivity contribution in [2.45, 2.75) is 64.1 Å². The van der Waals surface area contributed by atoms with Crippen LogP contribution in [0.25, 0.3) is 0 Å². The Kier molecular flexibility index (Phi) is 4.11. The molecule has 2 atom stereocenters. The van der Waals surface area contributed by atoms with E-state index in [4.69, 9.17) is 5.73 Å². The number of rotatable bonds is 4. The van der Waals surface area contributed by atoms with Gasteiger partial charge in [0.1, 0.15) is 0 Å². The molecule has 17 heavy (non-hydrogen) atoms. The second kappa shape index (κ2) is 5.25. The summed E-state index contributed by atoms with van der Waals surface area (Å²) < 4.78 is 0. The molecule has 0 radical (unpaired) electrons. The number of fused-ring (bicyclic) bond motifs is 1. The summed E-state index contributed by atoms with van der Waals surface area (Å²) in [7, 11) is 0. The van der Waals surface area contributed by atoms with E-state index in [2.05, 4.69) is 30.6 Å². The van der Waals surface area contributed by atoms with Crippen LogP contribution in [0, 0.1) is 0 Å². The molecule has 0 spiro atoms.